The smallest absolute Gasteiger partial charge is 0.411 e. The van der Waals surface area contributed by atoms with E-state index < -0.39 is 30.1 Å². The van der Waals surface area contributed by atoms with Crippen molar-refractivity contribution in [2.24, 2.45) is 0 Å². The number of benzene rings is 2. The van der Waals surface area contributed by atoms with Crippen molar-refractivity contribution in [3.63, 3.8) is 0 Å². The summed E-state index contributed by atoms with van der Waals surface area (Å²) in [5.41, 5.74) is 3.02. The molecule has 2 amide bonds. The number of nitrogens with one attached hydrogen (secondary N) is 4. The van der Waals surface area contributed by atoms with Crippen LogP contribution in [0.1, 0.15) is 62.7 Å². The average Bonchev–Trinajstić information content (AvgIpc) is 3.75. The molecular formula is C32H33ClN10O5. The number of nitriles is 1. The fourth-order valence-corrected chi connectivity index (χ4v) is 5.38. The second kappa shape index (κ2) is 15.2. The summed E-state index contributed by atoms with van der Waals surface area (Å²) in [4.78, 5) is 46.3. The summed E-state index contributed by atoms with van der Waals surface area (Å²) >= 11 is 6.23. The monoisotopic (exact) mass is 672 g/mol. The molecule has 5 rings (SSSR count). The van der Waals surface area contributed by atoms with Gasteiger partial charge in [-0.25, -0.2) is 14.6 Å². The number of carbonyl (C=O) groups is 3. The quantitative estimate of drug-likeness (QED) is 0.153. The van der Waals surface area contributed by atoms with Crippen LogP contribution in [-0.4, -0.2) is 67.4 Å². The minimum Gasteiger partial charge on any atom is -0.461 e. The minimum atomic E-state index is -0.744. The van der Waals surface area contributed by atoms with Gasteiger partial charge < -0.3 is 25.1 Å². The zero-order valence-corrected chi connectivity index (χ0v) is 27.1. The van der Waals surface area contributed by atoms with Gasteiger partial charge in [-0.15, -0.1) is 5.10 Å². The predicted octanol–water partition coefficient (Wildman–Crippen LogP) is 4.93. The number of amides is 2. The van der Waals surface area contributed by atoms with Crippen LogP contribution in [0.2, 0.25) is 5.02 Å². The molecule has 3 heterocycles. The number of methoxy groups -OCH3 is 1. The molecule has 2 atom stereocenters. The number of aromatic amines is 1. The number of fused-ring (bicyclic) bond motifs is 4. The zero-order valence-electron chi connectivity index (χ0n) is 26.4. The molecule has 0 unspecified atom stereocenters. The molecule has 2 aromatic heterocycles. The predicted molar refractivity (Wildman–Crippen MR) is 176 cm³/mol. The lowest BCUT2D eigenvalue weighted by molar-refractivity contribution is -0.148. The van der Waals surface area contributed by atoms with E-state index in [2.05, 4.69) is 42.5 Å². The van der Waals surface area contributed by atoms with Gasteiger partial charge in [0.2, 0.25) is 5.91 Å². The summed E-state index contributed by atoms with van der Waals surface area (Å²) in [6.07, 6.45) is 5.48. The molecule has 4 aromatic rings. The maximum atomic E-state index is 13.3. The second-order valence-corrected chi connectivity index (χ2v) is 11.6. The number of hydrogen-bond donors (Lipinski definition) is 4. The Labute approximate surface area is 280 Å². The minimum absolute atomic E-state index is 0.155. The Balaban J connectivity index is 1.48. The number of esters is 1. The molecule has 0 aliphatic carbocycles. The molecule has 2 bridgehead atoms. The highest BCUT2D eigenvalue weighted by molar-refractivity contribution is 6.30. The van der Waals surface area contributed by atoms with Crippen LogP contribution in [0, 0.1) is 11.3 Å². The third kappa shape index (κ3) is 8.15. The lowest BCUT2D eigenvalue weighted by Gasteiger charge is -2.23. The summed E-state index contributed by atoms with van der Waals surface area (Å²) in [6, 6.07) is 10.9. The number of rotatable bonds is 7. The van der Waals surface area contributed by atoms with Gasteiger partial charge in [0.05, 0.1) is 24.9 Å². The molecule has 0 saturated carbocycles. The summed E-state index contributed by atoms with van der Waals surface area (Å²) in [7, 11) is 1.25. The lowest BCUT2D eigenvalue weighted by atomic mass is 10.0. The van der Waals surface area contributed by atoms with Gasteiger partial charge in [-0.3, -0.25) is 10.1 Å². The van der Waals surface area contributed by atoms with Gasteiger partial charge in [0.15, 0.2) is 0 Å². The van der Waals surface area contributed by atoms with E-state index in [0.717, 1.165) is 0 Å². The van der Waals surface area contributed by atoms with Gasteiger partial charge in [0.1, 0.15) is 35.7 Å². The van der Waals surface area contributed by atoms with Gasteiger partial charge >= 0.3 is 12.1 Å². The molecule has 48 heavy (non-hydrogen) atoms. The second-order valence-electron chi connectivity index (χ2n) is 11.2. The molecule has 248 valence electrons. The van der Waals surface area contributed by atoms with E-state index in [4.69, 9.17) is 26.1 Å². The van der Waals surface area contributed by atoms with Crippen molar-refractivity contribution in [2.45, 2.75) is 57.7 Å². The largest absolute Gasteiger partial charge is 0.461 e. The summed E-state index contributed by atoms with van der Waals surface area (Å²) in [6.45, 7) is 3.54. The highest BCUT2D eigenvalue weighted by Crippen LogP contribution is 2.35. The van der Waals surface area contributed by atoms with E-state index in [9.17, 15) is 19.6 Å². The van der Waals surface area contributed by atoms with E-state index in [1.807, 2.05) is 0 Å². The fourth-order valence-electron chi connectivity index (χ4n) is 5.20. The Bertz CT molecular complexity index is 1860. The Hall–Kier alpha value is -5.75. The molecule has 4 N–H and O–H groups in total. The number of aromatic nitrogens is 6. The molecule has 1 aliphatic rings. The molecule has 1 aliphatic heterocycles. The van der Waals surface area contributed by atoms with Gasteiger partial charge in [0.25, 0.3) is 0 Å². The number of halogens is 1. The van der Waals surface area contributed by atoms with Gasteiger partial charge in [-0.2, -0.15) is 9.94 Å². The topological polar surface area (TPSA) is 202 Å². The fraction of sp³-hybridized carbons (Fsp3) is 0.312. The molecular weight excluding hydrogens is 640 g/mol. The van der Waals surface area contributed by atoms with Crippen molar-refractivity contribution in [3.05, 3.63) is 70.9 Å². The molecule has 0 spiro atoms. The summed E-state index contributed by atoms with van der Waals surface area (Å²) in [5.74, 6) is -0.468. The van der Waals surface area contributed by atoms with Crippen LogP contribution in [0.15, 0.2) is 48.8 Å². The molecule has 0 saturated heterocycles. The zero-order chi connectivity index (χ0) is 34.2. The third-order valence-corrected chi connectivity index (χ3v) is 7.62. The SMILES string of the molecule is COC(=O)Nc1ccc2c(c1)N[C@@H](C(=O)OC(C)C)CCCC[C@H](NC(=O)/C=C/c1cc(Cl)ccc1-n1cnnn1)c1nc-2c(C#N)[nH]1. The first-order valence-electron chi connectivity index (χ1n) is 15.1. The first-order valence-corrected chi connectivity index (χ1v) is 15.5. The van der Waals surface area contributed by atoms with Crippen molar-refractivity contribution in [2.75, 3.05) is 17.7 Å². The van der Waals surface area contributed by atoms with E-state index in [1.54, 1.807) is 56.3 Å². The molecule has 0 radical (unpaired) electrons. The number of nitrogens with zero attached hydrogens (tertiary/aromatic N) is 6. The number of carbonyl (C=O) groups excluding carboxylic acids is 3. The van der Waals surface area contributed by atoms with E-state index in [0.29, 0.717) is 70.4 Å². The van der Waals surface area contributed by atoms with Gasteiger partial charge in [-0.1, -0.05) is 24.4 Å². The number of anilines is 2. The van der Waals surface area contributed by atoms with Crippen molar-refractivity contribution in [3.8, 4) is 23.0 Å². The maximum Gasteiger partial charge on any atom is 0.411 e. The Morgan fingerprint density at radius 3 is 2.71 bits per heavy atom. The summed E-state index contributed by atoms with van der Waals surface area (Å²) in [5, 5.41) is 30.7. The first kappa shape index (κ1) is 33.6. The van der Waals surface area contributed by atoms with E-state index in [-0.39, 0.29) is 11.8 Å². The molecule has 0 fully saturated rings. The van der Waals surface area contributed by atoms with Crippen LogP contribution in [0.4, 0.5) is 16.2 Å². The standard InChI is InChI=1S/C32H33ClN10O5/c1-18(2)48-31(45)24-7-5-4-6-23(38-28(44)13-8-19-14-20(33)9-12-27(19)43-17-35-41-42-43)30-39-26(16-34)29(40-30)22-11-10-21(15-25(22)37-24)36-32(46)47-3/h8-15,17-18,23-24,37H,4-7H2,1-3H3,(H,36,46)(H,38,44)(H,39,40)/b13-8+/t23-,24+/m0/s1. The number of tetrazole rings is 1. The van der Waals surface area contributed by atoms with Crippen molar-refractivity contribution >= 4 is 47.0 Å². The number of ether oxygens (including phenoxy) is 2. The van der Waals surface area contributed by atoms with Gasteiger partial charge in [-0.05, 0) is 79.6 Å². The molecule has 2 aromatic carbocycles. The van der Waals surface area contributed by atoms with E-state index in [1.165, 1.54) is 24.2 Å². The van der Waals surface area contributed by atoms with Crippen LogP contribution in [-0.2, 0) is 19.1 Å². The maximum absolute atomic E-state index is 13.3. The van der Waals surface area contributed by atoms with Crippen molar-refractivity contribution in [1.29, 1.82) is 5.26 Å². The first-order chi connectivity index (χ1) is 23.1. The molecule has 16 heteroatoms. The van der Waals surface area contributed by atoms with Crippen LogP contribution >= 0.6 is 11.6 Å². The Kier molecular flexibility index (Phi) is 10.7. The number of imidazole rings is 1. The highest BCUT2D eigenvalue weighted by atomic mass is 35.5. The lowest BCUT2D eigenvalue weighted by Crippen LogP contribution is -2.33. The normalized spacial score (nSPS) is 16.1. The Morgan fingerprint density at radius 1 is 1.17 bits per heavy atom. The van der Waals surface area contributed by atoms with Crippen LogP contribution in [0.5, 0.6) is 0 Å². The Morgan fingerprint density at radius 2 is 1.98 bits per heavy atom. The summed E-state index contributed by atoms with van der Waals surface area (Å²) < 4.78 is 11.7. The van der Waals surface area contributed by atoms with E-state index >= 15 is 0 Å². The van der Waals surface area contributed by atoms with Crippen LogP contribution in [0.3, 0.4) is 0 Å². The van der Waals surface area contributed by atoms with Crippen LogP contribution < -0.4 is 16.0 Å². The average molecular weight is 673 g/mol. The van der Waals surface area contributed by atoms with Crippen LogP contribution in [0.25, 0.3) is 23.0 Å². The van der Waals surface area contributed by atoms with Gasteiger partial charge in [0, 0.05) is 33.6 Å². The third-order valence-electron chi connectivity index (χ3n) is 7.39. The number of H-pyrrole nitrogens is 1. The number of hydrogen-bond acceptors (Lipinski definition) is 11. The highest BCUT2D eigenvalue weighted by Gasteiger charge is 2.27. The molecule has 15 nitrogen and oxygen atoms in total. The van der Waals surface area contributed by atoms with Crippen molar-refractivity contribution < 1.29 is 23.9 Å². The van der Waals surface area contributed by atoms with Crippen molar-refractivity contribution in [1.82, 2.24) is 35.5 Å².